The van der Waals surface area contributed by atoms with Crippen molar-refractivity contribution in [1.29, 1.82) is 0 Å². The second-order valence-electron chi connectivity index (χ2n) is 7.15. The highest BCUT2D eigenvalue weighted by Gasteiger charge is 2.35. The zero-order valence-electron chi connectivity index (χ0n) is 14.0. The first kappa shape index (κ1) is 16.5. The fourth-order valence-electron chi connectivity index (χ4n) is 4.69. The topological polar surface area (TPSA) is 9.23 Å². The highest BCUT2D eigenvalue weighted by atomic mass is 19.1. The predicted octanol–water partition coefficient (Wildman–Crippen LogP) is 5.85. The van der Waals surface area contributed by atoms with E-state index >= 15 is 0 Å². The molecule has 0 heterocycles. The number of methoxy groups -OCH3 is 1. The Hall–Kier alpha value is -1.38. The average molecular weight is 320 g/mol. The Bertz CT molecular complexity index is 558. The minimum atomic E-state index is -0.582. The van der Waals surface area contributed by atoms with Gasteiger partial charge in [-0.05, 0) is 86.8 Å². The van der Waals surface area contributed by atoms with Crippen molar-refractivity contribution < 1.29 is 13.5 Å². The molecule has 0 aliphatic heterocycles. The summed E-state index contributed by atoms with van der Waals surface area (Å²) in [7, 11) is 1.30. The van der Waals surface area contributed by atoms with Crippen LogP contribution in [0, 0.1) is 29.4 Å². The summed E-state index contributed by atoms with van der Waals surface area (Å²) in [6, 6.07) is 2.94. The molecule has 0 N–H and O–H groups in total. The highest BCUT2D eigenvalue weighted by molar-refractivity contribution is 5.33. The van der Waals surface area contributed by atoms with Gasteiger partial charge < -0.3 is 4.74 Å². The molecule has 2 aliphatic carbocycles. The van der Waals surface area contributed by atoms with E-state index in [1.807, 2.05) is 0 Å². The van der Waals surface area contributed by atoms with E-state index in [4.69, 9.17) is 4.74 Å². The Kier molecular flexibility index (Phi) is 5.03. The van der Waals surface area contributed by atoms with E-state index in [2.05, 4.69) is 19.1 Å². The SMILES string of the molecule is CC=CC1CCC2CC(c3cc(F)c(OC)c(F)c3)CCC2C1. The van der Waals surface area contributed by atoms with Crippen LogP contribution in [0.3, 0.4) is 0 Å². The molecule has 4 atom stereocenters. The maximum atomic E-state index is 14.0. The van der Waals surface area contributed by atoms with Gasteiger partial charge in [-0.25, -0.2) is 8.78 Å². The molecular formula is C20H26F2O. The Balaban J connectivity index is 1.71. The zero-order chi connectivity index (χ0) is 16.4. The third-order valence-electron chi connectivity index (χ3n) is 5.81. The summed E-state index contributed by atoms with van der Waals surface area (Å²) >= 11 is 0. The van der Waals surface area contributed by atoms with Crippen LogP contribution in [0.4, 0.5) is 8.78 Å². The van der Waals surface area contributed by atoms with Crippen LogP contribution in [0.15, 0.2) is 24.3 Å². The van der Waals surface area contributed by atoms with Gasteiger partial charge in [0.15, 0.2) is 17.4 Å². The van der Waals surface area contributed by atoms with Crippen LogP contribution >= 0.6 is 0 Å². The first-order valence-corrected chi connectivity index (χ1v) is 8.78. The van der Waals surface area contributed by atoms with Crippen LogP contribution in [-0.2, 0) is 0 Å². The molecule has 2 aliphatic rings. The molecule has 0 aromatic heterocycles. The molecule has 1 aromatic rings. The van der Waals surface area contributed by atoms with Crippen molar-refractivity contribution in [2.45, 2.75) is 51.4 Å². The van der Waals surface area contributed by atoms with Gasteiger partial charge >= 0.3 is 0 Å². The molecule has 0 amide bonds. The number of halogens is 2. The smallest absolute Gasteiger partial charge is 0.190 e. The van der Waals surface area contributed by atoms with Crippen molar-refractivity contribution in [2.75, 3.05) is 7.11 Å². The lowest BCUT2D eigenvalue weighted by molar-refractivity contribution is 0.133. The van der Waals surface area contributed by atoms with Crippen molar-refractivity contribution in [2.24, 2.45) is 17.8 Å². The molecular weight excluding hydrogens is 294 g/mol. The van der Waals surface area contributed by atoms with Crippen molar-refractivity contribution in [3.8, 4) is 5.75 Å². The van der Waals surface area contributed by atoms with Gasteiger partial charge in [-0.15, -0.1) is 0 Å². The molecule has 3 heteroatoms. The molecule has 2 fully saturated rings. The second-order valence-corrected chi connectivity index (χ2v) is 7.15. The average Bonchev–Trinajstić information content (AvgIpc) is 2.54. The largest absolute Gasteiger partial charge is 0.491 e. The number of hydrogen-bond acceptors (Lipinski definition) is 1. The molecule has 1 nitrogen and oxygen atoms in total. The van der Waals surface area contributed by atoms with Gasteiger partial charge in [0.2, 0.25) is 0 Å². The van der Waals surface area contributed by atoms with E-state index in [0.29, 0.717) is 5.92 Å². The lowest BCUT2D eigenvalue weighted by atomic mass is 9.64. The lowest BCUT2D eigenvalue weighted by Crippen LogP contribution is -2.30. The third kappa shape index (κ3) is 3.44. The summed E-state index contributed by atoms with van der Waals surface area (Å²) in [5.41, 5.74) is 0.801. The summed E-state index contributed by atoms with van der Waals surface area (Å²) in [5, 5.41) is 0. The number of ether oxygens (including phenoxy) is 1. The number of fused-ring (bicyclic) bond motifs is 1. The monoisotopic (exact) mass is 320 g/mol. The first-order chi connectivity index (χ1) is 11.1. The molecule has 0 saturated heterocycles. The lowest BCUT2D eigenvalue weighted by Gasteiger charge is -2.41. The predicted molar refractivity (Wildman–Crippen MR) is 88.6 cm³/mol. The molecule has 4 unspecified atom stereocenters. The normalized spacial score (nSPS) is 31.1. The number of benzene rings is 1. The van der Waals surface area contributed by atoms with E-state index in [9.17, 15) is 8.78 Å². The van der Waals surface area contributed by atoms with Crippen molar-refractivity contribution in [3.63, 3.8) is 0 Å². The van der Waals surface area contributed by atoms with Gasteiger partial charge in [0, 0.05) is 0 Å². The molecule has 0 radical (unpaired) electrons. The number of allylic oxidation sites excluding steroid dienone is 2. The summed E-state index contributed by atoms with van der Waals surface area (Å²) in [5.74, 6) is 1.08. The fourth-order valence-corrected chi connectivity index (χ4v) is 4.69. The second kappa shape index (κ2) is 7.02. The Morgan fingerprint density at radius 3 is 2.30 bits per heavy atom. The molecule has 126 valence electrons. The minimum Gasteiger partial charge on any atom is -0.491 e. The quantitative estimate of drug-likeness (QED) is 0.635. The van der Waals surface area contributed by atoms with Gasteiger partial charge in [0.25, 0.3) is 0 Å². The Morgan fingerprint density at radius 2 is 1.65 bits per heavy atom. The van der Waals surface area contributed by atoms with Crippen LogP contribution in [0.2, 0.25) is 0 Å². The van der Waals surface area contributed by atoms with Crippen LogP contribution in [0.25, 0.3) is 0 Å². The van der Waals surface area contributed by atoms with Gasteiger partial charge in [-0.3, -0.25) is 0 Å². The van der Waals surface area contributed by atoms with E-state index < -0.39 is 11.6 Å². The zero-order valence-corrected chi connectivity index (χ0v) is 14.0. The van der Waals surface area contributed by atoms with Gasteiger partial charge in [-0.2, -0.15) is 0 Å². The van der Waals surface area contributed by atoms with E-state index in [-0.39, 0.29) is 11.7 Å². The maximum absolute atomic E-state index is 14.0. The first-order valence-electron chi connectivity index (χ1n) is 8.78. The summed E-state index contributed by atoms with van der Waals surface area (Å²) in [6.07, 6.45) is 11.6. The molecule has 1 aromatic carbocycles. The van der Waals surface area contributed by atoms with Crippen molar-refractivity contribution >= 4 is 0 Å². The van der Waals surface area contributed by atoms with Gasteiger partial charge in [0.05, 0.1) is 7.11 Å². The summed E-state index contributed by atoms with van der Waals surface area (Å²) in [4.78, 5) is 0. The molecule has 3 rings (SSSR count). The Labute approximate surface area is 137 Å². The number of rotatable bonds is 3. The van der Waals surface area contributed by atoms with E-state index in [1.54, 1.807) is 0 Å². The molecule has 0 spiro atoms. The summed E-state index contributed by atoms with van der Waals surface area (Å²) < 4.78 is 32.7. The van der Waals surface area contributed by atoms with Gasteiger partial charge in [-0.1, -0.05) is 12.2 Å². The highest BCUT2D eigenvalue weighted by Crippen LogP contribution is 2.48. The van der Waals surface area contributed by atoms with Crippen molar-refractivity contribution in [3.05, 3.63) is 41.5 Å². The minimum absolute atomic E-state index is 0.269. The molecule has 0 bridgehead atoms. The van der Waals surface area contributed by atoms with Crippen LogP contribution in [0.1, 0.15) is 56.9 Å². The molecule has 2 saturated carbocycles. The van der Waals surface area contributed by atoms with E-state index in [0.717, 1.165) is 30.2 Å². The fraction of sp³-hybridized carbons (Fsp3) is 0.600. The molecule has 23 heavy (non-hydrogen) atoms. The Morgan fingerprint density at radius 1 is 1.00 bits per heavy atom. The standard InChI is InChI=1S/C20H26F2O/c1-3-4-13-5-6-15-10-16(8-7-14(15)9-13)17-11-18(21)20(23-2)19(22)12-17/h3-4,11-16H,5-10H2,1-2H3. The summed E-state index contributed by atoms with van der Waals surface area (Å²) in [6.45, 7) is 2.09. The van der Waals surface area contributed by atoms with Crippen LogP contribution in [-0.4, -0.2) is 7.11 Å². The van der Waals surface area contributed by atoms with Crippen molar-refractivity contribution in [1.82, 2.24) is 0 Å². The number of hydrogen-bond donors (Lipinski definition) is 0. The van der Waals surface area contributed by atoms with Crippen LogP contribution in [0.5, 0.6) is 5.75 Å². The van der Waals surface area contributed by atoms with E-state index in [1.165, 1.54) is 44.9 Å². The maximum Gasteiger partial charge on any atom is 0.190 e. The van der Waals surface area contributed by atoms with Crippen LogP contribution < -0.4 is 4.74 Å². The van der Waals surface area contributed by atoms with Gasteiger partial charge in [0.1, 0.15) is 0 Å². The third-order valence-corrected chi connectivity index (χ3v) is 5.81.